The lowest BCUT2D eigenvalue weighted by Gasteiger charge is -2.20. The SMILES string of the molecule is CC(C)[C@@H](C(=O)NCCc1cn2ccccc2n1)c1ccc(Cl)cc1. The van der Waals surface area contributed by atoms with E-state index in [1.54, 1.807) is 0 Å². The molecule has 0 aliphatic rings. The van der Waals surface area contributed by atoms with Crippen LogP contribution in [-0.4, -0.2) is 21.8 Å². The fourth-order valence-electron chi connectivity index (χ4n) is 3.04. The molecule has 0 saturated heterocycles. The van der Waals surface area contributed by atoms with E-state index in [9.17, 15) is 4.79 Å². The van der Waals surface area contributed by atoms with E-state index < -0.39 is 0 Å². The summed E-state index contributed by atoms with van der Waals surface area (Å²) >= 11 is 5.95. The van der Waals surface area contributed by atoms with Gasteiger partial charge < -0.3 is 9.72 Å². The molecule has 25 heavy (non-hydrogen) atoms. The number of amides is 1. The van der Waals surface area contributed by atoms with Gasteiger partial charge in [0.2, 0.25) is 5.91 Å². The maximum absolute atomic E-state index is 12.7. The van der Waals surface area contributed by atoms with Crippen molar-refractivity contribution in [1.82, 2.24) is 14.7 Å². The Labute approximate surface area is 152 Å². The van der Waals surface area contributed by atoms with Crippen molar-refractivity contribution >= 4 is 23.2 Å². The van der Waals surface area contributed by atoms with Crippen LogP contribution in [0.1, 0.15) is 31.0 Å². The van der Waals surface area contributed by atoms with Crippen molar-refractivity contribution in [2.45, 2.75) is 26.2 Å². The molecule has 1 atom stereocenters. The Morgan fingerprint density at radius 1 is 1.20 bits per heavy atom. The van der Waals surface area contributed by atoms with Crippen molar-refractivity contribution in [3.8, 4) is 0 Å². The number of halogens is 1. The fraction of sp³-hybridized carbons (Fsp3) is 0.300. The van der Waals surface area contributed by atoms with Crippen LogP contribution < -0.4 is 5.32 Å². The van der Waals surface area contributed by atoms with Gasteiger partial charge in [-0.15, -0.1) is 0 Å². The molecule has 0 unspecified atom stereocenters. The van der Waals surface area contributed by atoms with Crippen molar-refractivity contribution < 1.29 is 4.79 Å². The highest BCUT2D eigenvalue weighted by molar-refractivity contribution is 6.30. The monoisotopic (exact) mass is 355 g/mol. The van der Waals surface area contributed by atoms with E-state index in [-0.39, 0.29) is 17.7 Å². The van der Waals surface area contributed by atoms with E-state index in [1.807, 2.05) is 59.3 Å². The van der Waals surface area contributed by atoms with Crippen molar-refractivity contribution in [1.29, 1.82) is 0 Å². The summed E-state index contributed by atoms with van der Waals surface area (Å²) < 4.78 is 1.99. The van der Waals surface area contributed by atoms with Gasteiger partial charge in [0, 0.05) is 30.4 Å². The van der Waals surface area contributed by atoms with Crippen LogP contribution in [0, 0.1) is 5.92 Å². The third-order valence-corrected chi connectivity index (χ3v) is 4.52. The summed E-state index contributed by atoms with van der Waals surface area (Å²) in [6.07, 6.45) is 4.68. The number of carbonyl (C=O) groups excluding carboxylic acids is 1. The Balaban J connectivity index is 1.62. The van der Waals surface area contributed by atoms with Gasteiger partial charge >= 0.3 is 0 Å². The molecule has 0 saturated carbocycles. The topological polar surface area (TPSA) is 46.4 Å². The second-order valence-electron chi connectivity index (χ2n) is 6.51. The normalized spacial score (nSPS) is 12.5. The van der Waals surface area contributed by atoms with Gasteiger partial charge in [0.1, 0.15) is 5.65 Å². The largest absolute Gasteiger partial charge is 0.355 e. The number of carbonyl (C=O) groups is 1. The van der Waals surface area contributed by atoms with Gasteiger partial charge in [-0.05, 0) is 35.7 Å². The molecule has 3 rings (SSSR count). The quantitative estimate of drug-likeness (QED) is 0.724. The standard InChI is InChI=1S/C20H22ClN3O/c1-14(2)19(15-6-8-16(21)9-7-15)20(25)22-11-10-17-13-24-12-4-3-5-18(24)23-17/h3-9,12-14,19H,10-11H2,1-2H3,(H,22,25)/t19-/m1/s1. The number of fused-ring (bicyclic) bond motifs is 1. The Morgan fingerprint density at radius 2 is 1.96 bits per heavy atom. The van der Waals surface area contributed by atoms with Crippen LogP contribution in [0.4, 0.5) is 0 Å². The highest BCUT2D eigenvalue weighted by Gasteiger charge is 2.23. The molecule has 5 heteroatoms. The number of imidazole rings is 1. The zero-order valence-electron chi connectivity index (χ0n) is 14.4. The average molecular weight is 356 g/mol. The van der Waals surface area contributed by atoms with Gasteiger partial charge in [-0.1, -0.05) is 43.6 Å². The molecular weight excluding hydrogens is 334 g/mol. The molecule has 0 fully saturated rings. The maximum Gasteiger partial charge on any atom is 0.227 e. The van der Waals surface area contributed by atoms with E-state index in [0.717, 1.165) is 16.9 Å². The van der Waals surface area contributed by atoms with Crippen molar-refractivity contribution in [2.24, 2.45) is 5.92 Å². The third kappa shape index (κ3) is 4.20. The summed E-state index contributed by atoms with van der Waals surface area (Å²) in [6, 6.07) is 13.4. The van der Waals surface area contributed by atoms with Gasteiger partial charge in [0.05, 0.1) is 11.6 Å². The second-order valence-corrected chi connectivity index (χ2v) is 6.95. The number of rotatable bonds is 6. The van der Waals surface area contributed by atoms with Crippen LogP contribution in [0.2, 0.25) is 5.02 Å². The molecule has 0 spiro atoms. The fourth-order valence-corrected chi connectivity index (χ4v) is 3.17. The highest BCUT2D eigenvalue weighted by Crippen LogP contribution is 2.26. The number of nitrogens with zero attached hydrogens (tertiary/aromatic N) is 2. The van der Waals surface area contributed by atoms with Crippen molar-refractivity contribution in [3.63, 3.8) is 0 Å². The summed E-state index contributed by atoms with van der Waals surface area (Å²) in [4.78, 5) is 17.2. The third-order valence-electron chi connectivity index (χ3n) is 4.27. The molecule has 1 aromatic carbocycles. The van der Waals surface area contributed by atoms with Crippen LogP contribution >= 0.6 is 11.6 Å². The Bertz CT molecular complexity index is 822. The summed E-state index contributed by atoms with van der Waals surface area (Å²) in [6.45, 7) is 4.68. The number of pyridine rings is 1. The lowest BCUT2D eigenvalue weighted by atomic mass is 9.87. The Kier molecular flexibility index (Phi) is 5.39. The lowest BCUT2D eigenvalue weighted by Crippen LogP contribution is -2.33. The first kappa shape index (κ1) is 17.5. The number of hydrogen-bond donors (Lipinski definition) is 1. The summed E-state index contributed by atoms with van der Waals surface area (Å²) in [5.41, 5.74) is 2.88. The first-order valence-corrected chi connectivity index (χ1v) is 8.88. The number of nitrogens with one attached hydrogen (secondary N) is 1. The summed E-state index contributed by atoms with van der Waals surface area (Å²) in [5.74, 6) is 0.0655. The minimum absolute atomic E-state index is 0.0427. The lowest BCUT2D eigenvalue weighted by molar-refractivity contribution is -0.123. The molecule has 1 N–H and O–H groups in total. The average Bonchev–Trinajstić information content (AvgIpc) is 2.99. The van der Waals surface area contributed by atoms with Crippen LogP contribution in [0.15, 0.2) is 54.9 Å². The van der Waals surface area contributed by atoms with Gasteiger partial charge in [0.15, 0.2) is 0 Å². The zero-order chi connectivity index (χ0) is 17.8. The molecule has 1 amide bonds. The molecule has 2 aromatic heterocycles. The van der Waals surface area contributed by atoms with E-state index >= 15 is 0 Å². The molecule has 0 bridgehead atoms. The van der Waals surface area contributed by atoms with Crippen LogP contribution in [0.5, 0.6) is 0 Å². The molecule has 0 aliphatic heterocycles. The first-order chi connectivity index (χ1) is 12.0. The predicted octanol–water partition coefficient (Wildman–Crippen LogP) is 4.09. The zero-order valence-corrected chi connectivity index (χ0v) is 15.2. The predicted molar refractivity (Wildman–Crippen MR) is 101 cm³/mol. The van der Waals surface area contributed by atoms with Crippen molar-refractivity contribution in [2.75, 3.05) is 6.54 Å². The van der Waals surface area contributed by atoms with Crippen LogP contribution in [0.25, 0.3) is 5.65 Å². The van der Waals surface area contributed by atoms with Crippen LogP contribution in [-0.2, 0) is 11.2 Å². The first-order valence-electron chi connectivity index (χ1n) is 8.50. The summed E-state index contributed by atoms with van der Waals surface area (Å²) in [7, 11) is 0. The minimum Gasteiger partial charge on any atom is -0.355 e. The molecule has 2 heterocycles. The number of hydrogen-bond acceptors (Lipinski definition) is 2. The van der Waals surface area contributed by atoms with E-state index in [2.05, 4.69) is 24.1 Å². The maximum atomic E-state index is 12.7. The van der Waals surface area contributed by atoms with Crippen LogP contribution in [0.3, 0.4) is 0 Å². The second kappa shape index (κ2) is 7.70. The molecule has 0 radical (unpaired) electrons. The Hall–Kier alpha value is -2.33. The van der Waals surface area contributed by atoms with E-state index in [0.29, 0.717) is 18.0 Å². The van der Waals surface area contributed by atoms with Gasteiger partial charge in [-0.25, -0.2) is 4.98 Å². The molecule has 130 valence electrons. The van der Waals surface area contributed by atoms with Gasteiger partial charge in [0.25, 0.3) is 0 Å². The number of aromatic nitrogens is 2. The molecular formula is C20H22ClN3O. The minimum atomic E-state index is -0.182. The van der Waals surface area contributed by atoms with E-state index in [4.69, 9.17) is 11.6 Å². The molecule has 4 nitrogen and oxygen atoms in total. The number of benzene rings is 1. The van der Waals surface area contributed by atoms with E-state index in [1.165, 1.54) is 0 Å². The van der Waals surface area contributed by atoms with Gasteiger partial charge in [-0.3, -0.25) is 4.79 Å². The highest BCUT2D eigenvalue weighted by atomic mass is 35.5. The van der Waals surface area contributed by atoms with Crippen molar-refractivity contribution in [3.05, 3.63) is 71.1 Å². The summed E-state index contributed by atoms with van der Waals surface area (Å²) in [5, 5.41) is 3.73. The van der Waals surface area contributed by atoms with Gasteiger partial charge in [-0.2, -0.15) is 0 Å². The molecule has 0 aliphatic carbocycles. The molecule has 3 aromatic rings. The Morgan fingerprint density at radius 3 is 2.64 bits per heavy atom. The smallest absolute Gasteiger partial charge is 0.227 e.